The van der Waals surface area contributed by atoms with Crippen LogP contribution in [-0.2, 0) is 0 Å². The van der Waals surface area contributed by atoms with Crippen molar-refractivity contribution in [2.45, 2.75) is 88.1 Å². The van der Waals surface area contributed by atoms with E-state index in [4.69, 9.17) is 0 Å². The Kier molecular flexibility index (Phi) is 4.64. The first-order chi connectivity index (χ1) is 14.2. The Balaban J connectivity index is 0.000000310. The average molecular weight is 428 g/mol. The lowest BCUT2D eigenvalue weighted by molar-refractivity contribution is -0.111. The molecule has 1 heterocycles. The second-order valence-electron chi connectivity index (χ2n) is 12.4. The Hall–Kier alpha value is -0.295. The van der Waals surface area contributed by atoms with E-state index in [1.807, 2.05) is 0 Å². The Morgan fingerprint density at radius 3 is 1.00 bits per heavy atom. The van der Waals surface area contributed by atoms with Gasteiger partial charge in [-0.15, -0.1) is 0 Å². The van der Waals surface area contributed by atoms with E-state index in [1.54, 1.807) is 77.0 Å². The molecule has 2 nitrogen and oxygen atoms in total. The minimum Gasteiger partial charge on any atom is -0.418 e. The van der Waals surface area contributed by atoms with Crippen LogP contribution >= 0.6 is 0 Å². The van der Waals surface area contributed by atoms with Gasteiger partial charge in [0.25, 0.3) is 0 Å². The first kappa shape index (κ1) is 20.3. The van der Waals surface area contributed by atoms with E-state index in [-0.39, 0.29) is 1.43 Å². The third-order valence-electron chi connectivity index (χ3n) is 10.3. The average Bonchev–Trinajstić information content (AvgIpc) is 3.09. The van der Waals surface area contributed by atoms with Crippen molar-refractivity contribution in [1.82, 2.24) is 9.80 Å². The van der Waals surface area contributed by atoms with Crippen molar-refractivity contribution in [2.75, 3.05) is 19.8 Å². The van der Waals surface area contributed by atoms with Gasteiger partial charge in [0.2, 0.25) is 0 Å². The fraction of sp³-hybridized carbons (Fsp3) is 1.00. The van der Waals surface area contributed by atoms with Gasteiger partial charge in [0, 0.05) is 24.2 Å². The monoisotopic (exact) mass is 428 g/mol. The minimum absolute atomic E-state index is 0. The number of hydrogen-bond donors (Lipinski definition) is 0. The van der Waals surface area contributed by atoms with E-state index in [0.717, 1.165) is 35.5 Å². The zero-order valence-corrected chi connectivity index (χ0v) is 18.1. The smallest absolute Gasteiger partial charge is 0.418 e. The van der Waals surface area contributed by atoms with Gasteiger partial charge in [0.1, 0.15) is 0 Å². The summed E-state index contributed by atoms with van der Waals surface area (Å²) < 4.78 is 39.0. The maximum Gasteiger partial charge on any atom is 1.00 e. The van der Waals surface area contributed by atoms with Crippen molar-refractivity contribution >= 4 is 7.25 Å². The summed E-state index contributed by atoms with van der Waals surface area (Å²) in [7, 11) is -6.00. The second kappa shape index (κ2) is 6.85. The van der Waals surface area contributed by atoms with Gasteiger partial charge in [-0.3, -0.25) is 9.80 Å². The van der Waals surface area contributed by atoms with Crippen LogP contribution in [0.25, 0.3) is 0 Å². The maximum atomic E-state index is 9.75. The van der Waals surface area contributed by atoms with Crippen LogP contribution in [0.1, 0.15) is 78.5 Å². The van der Waals surface area contributed by atoms with Crippen molar-refractivity contribution in [3.63, 3.8) is 0 Å². The van der Waals surface area contributed by atoms with Crippen molar-refractivity contribution in [3.8, 4) is 0 Å². The molecule has 0 aromatic heterocycles. The first-order valence-corrected chi connectivity index (χ1v) is 12.6. The Bertz CT molecular complexity index is 560. The zero-order valence-electron chi connectivity index (χ0n) is 19.1. The normalized spacial score (nSPS) is 52.0. The van der Waals surface area contributed by atoms with E-state index < -0.39 is 7.25 Å². The van der Waals surface area contributed by atoms with Gasteiger partial charge >= 0.3 is 8.68 Å². The highest BCUT2D eigenvalue weighted by Gasteiger charge is 2.58. The van der Waals surface area contributed by atoms with Crippen LogP contribution in [-0.4, -0.2) is 47.9 Å². The Morgan fingerprint density at radius 2 is 0.767 bits per heavy atom. The largest absolute Gasteiger partial charge is 1.00 e. The van der Waals surface area contributed by atoms with Gasteiger partial charge in [0.15, 0.2) is 0 Å². The summed E-state index contributed by atoms with van der Waals surface area (Å²) in [5.74, 6) is 6.58. The lowest BCUT2D eigenvalue weighted by atomic mass is 9.52. The predicted octanol–water partition coefficient (Wildman–Crippen LogP) is 5.91. The van der Waals surface area contributed by atoms with Gasteiger partial charge in [-0.2, -0.15) is 0 Å². The summed E-state index contributed by atoms with van der Waals surface area (Å²) in [4.78, 5) is 6.08. The maximum absolute atomic E-state index is 9.75. The molecule has 0 amide bonds. The van der Waals surface area contributed by atoms with Crippen molar-refractivity contribution < 1.29 is 18.7 Å². The van der Waals surface area contributed by atoms with Crippen LogP contribution in [0.2, 0.25) is 0 Å². The molecule has 30 heavy (non-hydrogen) atoms. The van der Waals surface area contributed by atoms with Crippen LogP contribution in [0.3, 0.4) is 0 Å². The summed E-state index contributed by atoms with van der Waals surface area (Å²) in [6.45, 7) is 4.14. The molecule has 8 bridgehead atoms. The molecule has 0 N–H and O–H groups in total. The molecular formula is C23H37BF4N2. The first-order valence-electron chi connectivity index (χ1n) is 12.6. The molecule has 0 unspecified atom stereocenters. The highest BCUT2D eigenvalue weighted by Crippen LogP contribution is 2.60. The summed E-state index contributed by atoms with van der Waals surface area (Å²) in [5, 5.41) is 0. The van der Waals surface area contributed by atoms with E-state index in [0.29, 0.717) is 11.1 Å². The minimum atomic E-state index is -6.00. The highest BCUT2D eigenvalue weighted by atomic mass is 19.5. The summed E-state index contributed by atoms with van der Waals surface area (Å²) >= 11 is 0. The fourth-order valence-corrected chi connectivity index (χ4v) is 10.3. The van der Waals surface area contributed by atoms with Gasteiger partial charge < -0.3 is 17.3 Å². The number of halogens is 4. The molecule has 7 heteroatoms. The molecule has 0 aromatic carbocycles. The van der Waals surface area contributed by atoms with Gasteiger partial charge in [0.05, 0.1) is 6.67 Å². The van der Waals surface area contributed by atoms with Gasteiger partial charge in [-0.05, 0) is 113 Å². The van der Waals surface area contributed by atoms with Crippen LogP contribution in [0.4, 0.5) is 17.3 Å². The van der Waals surface area contributed by atoms with Crippen LogP contribution < -0.4 is 0 Å². The predicted molar refractivity (Wildman–Crippen MR) is 111 cm³/mol. The standard InChI is InChI=1S/C23H36N2.BF4/c1-2-25(23-12-19-6-20(13-23)8-21(7-19)14-23)15-24(1)22-9-16-3-17(10-22)5-18(4-16)11-22;2-1(3,4)5/h16-21H,1-15H2;/q;-1/p+1. The van der Waals surface area contributed by atoms with E-state index in [2.05, 4.69) is 9.80 Å². The molecule has 8 saturated carbocycles. The molecule has 9 fully saturated rings. The summed E-state index contributed by atoms with van der Waals surface area (Å²) in [6.07, 6.45) is 18.9. The quantitative estimate of drug-likeness (QED) is 0.399. The van der Waals surface area contributed by atoms with Gasteiger partial charge in [-0.1, -0.05) is 0 Å². The van der Waals surface area contributed by atoms with Crippen molar-refractivity contribution in [2.24, 2.45) is 35.5 Å². The molecule has 0 aromatic rings. The second-order valence-corrected chi connectivity index (χ2v) is 12.4. The molecule has 0 spiro atoms. The lowest BCUT2D eigenvalue weighted by Gasteiger charge is -2.61. The van der Waals surface area contributed by atoms with Crippen LogP contribution in [0, 0.1) is 35.5 Å². The van der Waals surface area contributed by atoms with E-state index in [9.17, 15) is 17.3 Å². The van der Waals surface area contributed by atoms with E-state index >= 15 is 0 Å². The highest BCUT2D eigenvalue weighted by molar-refractivity contribution is 6.50. The summed E-state index contributed by atoms with van der Waals surface area (Å²) in [6, 6.07) is 0. The third kappa shape index (κ3) is 3.54. The summed E-state index contributed by atoms with van der Waals surface area (Å²) in [5.41, 5.74) is 1.29. The Labute approximate surface area is 179 Å². The number of rotatable bonds is 2. The van der Waals surface area contributed by atoms with Gasteiger partial charge in [-0.25, -0.2) is 0 Å². The topological polar surface area (TPSA) is 6.48 Å². The lowest BCUT2D eigenvalue weighted by Crippen LogP contribution is -2.62. The van der Waals surface area contributed by atoms with E-state index in [1.165, 1.54) is 19.8 Å². The Morgan fingerprint density at radius 1 is 0.533 bits per heavy atom. The molecule has 1 saturated heterocycles. The number of nitrogens with zero attached hydrogens (tertiary/aromatic N) is 2. The van der Waals surface area contributed by atoms with Crippen LogP contribution in [0.15, 0.2) is 0 Å². The fourth-order valence-electron chi connectivity index (χ4n) is 10.3. The zero-order chi connectivity index (χ0) is 20.7. The van der Waals surface area contributed by atoms with Crippen LogP contribution in [0.5, 0.6) is 0 Å². The molecule has 1 aliphatic heterocycles. The molecule has 8 aliphatic carbocycles. The van der Waals surface area contributed by atoms with Crippen molar-refractivity contribution in [3.05, 3.63) is 0 Å². The molecule has 0 atom stereocenters. The molecule has 9 rings (SSSR count). The third-order valence-corrected chi connectivity index (χ3v) is 10.3. The molecule has 9 aliphatic rings. The molecule has 0 radical (unpaired) electrons. The van der Waals surface area contributed by atoms with Crippen molar-refractivity contribution in [1.29, 1.82) is 0 Å². The number of hydrogen-bond acceptors (Lipinski definition) is 2. The SMILES string of the molecule is C1C2CC3CC1CC(N1CCN(C45CC6CC(CC(C6)C4)C5)C1)(C2)C3.F[B-](F)(F)F.[H+]. The molecular weight excluding hydrogens is 391 g/mol. The molecule has 170 valence electrons.